The molecule has 1 aromatic heterocycles. The molecular weight excluding hydrogens is 332 g/mol. The molecule has 0 atom stereocenters. The van der Waals surface area contributed by atoms with Crippen molar-refractivity contribution < 1.29 is 18.7 Å². The molecule has 0 amide bonds. The van der Waals surface area contributed by atoms with E-state index in [0.717, 1.165) is 34.9 Å². The number of rotatable bonds is 6. The maximum Gasteiger partial charge on any atom is 0.343 e. The zero-order valence-electron chi connectivity index (χ0n) is 14.8. The van der Waals surface area contributed by atoms with Gasteiger partial charge in [-0.2, -0.15) is 0 Å². The van der Waals surface area contributed by atoms with E-state index in [1.54, 1.807) is 6.07 Å². The van der Waals surface area contributed by atoms with Crippen LogP contribution >= 0.6 is 0 Å². The van der Waals surface area contributed by atoms with Gasteiger partial charge in [-0.3, -0.25) is 0 Å². The number of fused-ring (bicyclic) bond motifs is 1. The van der Waals surface area contributed by atoms with Crippen LogP contribution in [-0.4, -0.2) is 19.7 Å². The Morgan fingerprint density at radius 1 is 1.12 bits per heavy atom. The van der Waals surface area contributed by atoms with Crippen LogP contribution in [0.25, 0.3) is 22.1 Å². The summed E-state index contributed by atoms with van der Waals surface area (Å²) in [5.41, 5.74) is 2.70. The van der Waals surface area contributed by atoms with Crippen molar-refractivity contribution >= 4 is 16.9 Å². The highest BCUT2D eigenvalue weighted by atomic mass is 16.6. The van der Waals surface area contributed by atoms with Gasteiger partial charge in [0.2, 0.25) is 0 Å². The Balaban J connectivity index is 2.15. The molecule has 0 aliphatic heterocycles. The van der Waals surface area contributed by atoms with Crippen molar-refractivity contribution in [1.29, 1.82) is 0 Å². The first-order valence-corrected chi connectivity index (χ1v) is 8.48. The van der Waals surface area contributed by atoms with Crippen molar-refractivity contribution in [2.45, 2.75) is 19.8 Å². The number of benzene rings is 2. The molecule has 0 aliphatic rings. The largest absolute Gasteiger partial charge is 0.481 e. The summed E-state index contributed by atoms with van der Waals surface area (Å²) in [6, 6.07) is 14.8. The van der Waals surface area contributed by atoms with E-state index in [2.05, 4.69) is 11.7 Å². The van der Waals surface area contributed by atoms with Gasteiger partial charge < -0.3 is 13.9 Å². The standard InChI is InChI=1S/C21H20O5/c1-3-7-15-10-17-16(14-8-5-4-6-9-14)11-20(22)26-19(17)12-18(15)25-13-21(23)24-2/h4-6,8-12H,3,7,13H2,1-2H3. The van der Waals surface area contributed by atoms with Crippen LogP contribution in [0.4, 0.5) is 0 Å². The van der Waals surface area contributed by atoms with E-state index in [-0.39, 0.29) is 6.61 Å². The van der Waals surface area contributed by atoms with E-state index in [0.29, 0.717) is 11.3 Å². The molecule has 3 rings (SSSR count). The van der Waals surface area contributed by atoms with E-state index < -0.39 is 11.6 Å². The minimum Gasteiger partial charge on any atom is -0.481 e. The Morgan fingerprint density at radius 3 is 2.58 bits per heavy atom. The lowest BCUT2D eigenvalue weighted by atomic mass is 9.98. The molecule has 3 aromatic rings. The van der Waals surface area contributed by atoms with E-state index in [4.69, 9.17) is 9.15 Å². The Kier molecular flexibility index (Phi) is 5.37. The lowest BCUT2D eigenvalue weighted by Gasteiger charge is -2.13. The van der Waals surface area contributed by atoms with Gasteiger partial charge in [-0.25, -0.2) is 9.59 Å². The highest BCUT2D eigenvalue weighted by molar-refractivity contribution is 5.94. The van der Waals surface area contributed by atoms with Gasteiger partial charge in [-0.05, 0) is 29.2 Å². The van der Waals surface area contributed by atoms with Gasteiger partial charge in [-0.15, -0.1) is 0 Å². The van der Waals surface area contributed by atoms with Gasteiger partial charge in [0.05, 0.1) is 7.11 Å². The van der Waals surface area contributed by atoms with Crippen LogP contribution in [0.3, 0.4) is 0 Å². The van der Waals surface area contributed by atoms with Crippen LogP contribution < -0.4 is 10.4 Å². The van der Waals surface area contributed by atoms with Crippen LogP contribution in [0.1, 0.15) is 18.9 Å². The fraction of sp³-hybridized carbons (Fsp3) is 0.238. The van der Waals surface area contributed by atoms with Crippen molar-refractivity contribution in [1.82, 2.24) is 0 Å². The number of hydrogen-bond acceptors (Lipinski definition) is 5. The number of carbonyl (C=O) groups excluding carboxylic acids is 1. The van der Waals surface area contributed by atoms with Crippen molar-refractivity contribution in [2.24, 2.45) is 0 Å². The Hall–Kier alpha value is -3.08. The first-order valence-electron chi connectivity index (χ1n) is 8.48. The summed E-state index contributed by atoms with van der Waals surface area (Å²) in [5, 5.41) is 0.838. The Morgan fingerprint density at radius 2 is 1.88 bits per heavy atom. The second-order valence-electron chi connectivity index (χ2n) is 5.92. The summed E-state index contributed by atoms with van der Waals surface area (Å²) in [7, 11) is 1.31. The number of hydrogen-bond donors (Lipinski definition) is 0. The lowest BCUT2D eigenvalue weighted by Crippen LogP contribution is -2.13. The number of esters is 1. The normalized spacial score (nSPS) is 10.7. The first kappa shape index (κ1) is 17.7. The molecule has 134 valence electrons. The quantitative estimate of drug-likeness (QED) is 0.496. The van der Waals surface area contributed by atoms with Crippen LogP contribution in [0.5, 0.6) is 5.75 Å². The summed E-state index contributed by atoms with van der Waals surface area (Å²) in [4.78, 5) is 23.4. The Bertz CT molecular complexity index is 973. The summed E-state index contributed by atoms with van der Waals surface area (Å²) < 4.78 is 15.6. The molecule has 0 aliphatic carbocycles. The van der Waals surface area contributed by atoms with Crippen LogP contribution in [0, 0.1) is 0 Å². The average Bonchev–Trinajstić information content (AvgIpc) is 2.66. The molecule has 0 bridgehead atoms. The zero-order valence-corrected chi connectivity index (χ0v) is 14.8. The molecule has 0 fully saturated rings. The SMILES string of the molecule is CCCc1cc2c(-c3ccccc3)cc(=O)oc2cc1OCC(=O)OC. The van der Waals surface area contributed by atoms with Gasteiger partial charge in [0.25, 0.3) is 0 Å². The monoisotopic (exact) mass is 352 g/mol. The predicted octanol–water partition coefficient (Wildman–Crippen LogP) is 3.96. The number of ether oxygens (including phenoxy) is 2. The molecule has 1 heterocycles. The molecule has 0 saturated carbocycles. The molecule has 0 unspecified atom stereocenters. The zero-order chi connectivity index (χ0) is 18.5. The molecule has 2 aromatic carbocycles. The van der Waals surface area contributed by atoms with Gasteiger partial charge >= 0.3 is 11.6 Å². The third kappa shape index (κ3) is 3.77. The van der Waals surface area contributed by atoms with E-state index >= 15 is 0 Å². The van der Waals surface area contributed by atoms with Gasteiger partial charge in [0.15, 0.2) is 6.61 Å². The maximum atomic E-state index is 12.0. The van der Waals surface area contributed by atoms with Gasteiger partial charge in [-0.1, -0.05) is 43.7 Å². The minimum absolute atomic E-state index is 0.193. The second kappa shape index (κ2) is 7.87. The smallest absolute Gasteiger partial charge is 0.343 e. The molecule has 5 nitrogen and oxygen atoms in total. The van der Waals surface area contributed by atoms with E-state index in [9.17, 15) is 9.59 Å². The van der Waals surface area contributed by atoms with Gasteiger partial charge in [0.1, 0.15) is 11.3 Å². The maximum absolute atomic E-state index is 12.0. The highest BCUT2D eigenvalue weighted by Crippen LogP contribution is 2.33. The summed E-state index contributed by atoms with van der Waals surface area (Å²) in [6.07, 6.45) is 1.69. The number of carbonyl (C=O) groups is 1. The fourth-order valence-electron chi connectivity index (χ4n) is 2.89. The van der Waals surface area contributed by atoms with Crippen molar-refractivity contribution in [2.75, 3.05) is 13.7 Å². The fourth-order valence-corrected chi connectivity index (χ4v) is 2.89. The van der Waals surface area contributed by atoms with Crippen molar-refractivity contribution in [3.63, 3.8) is 0 Å². The molecular formula is C21H20O5. The second-order valence-corrected chi connectivity index (χ2v) is 5.92. The summed E-state index contributed by atoms with van der Waals surface area (Å²) in [6.45, 7) is 1.87. The van der Waals surface area contributed by atoms with Crippen LogP contribution in [0.15, 0.2) is 57.7 Å². The van der Waals surface area contributed by atoms with E-state index in [1.165, 1.54) is 13.2 Å². The highest BCUT2D eigenvalue weighted by Gasteiger charge is 2.14. The summed E-state index contributed by atoms with van der Waals surface area (Å²) >= 11 is 0. The Labute approximate surface area is 151 Å². The van der Waals surface area contributed by atoms with Crippen molar-refractivity contribution in [3.05, 3.63) is 64.5 Å². The van der Waals surface area contributed by atoms with Crippen LogP contribution in [0.2, 0.25) is 0 Å². The average molecular weight is 352 g/mol. The molecule has 0 spiro atoms. The molecule has 0 radical (unpaired) electrons. The topological polar surface area (TPSA) is 65.7 Å². The molecule has 0 saturated heterocycles. The number of methoxy groups -OCH3 is 1. The predicted molar refractivity (Wildman–Crippen MR) is 99.4 cm³/mol. The lowest BCUT2D eigenvalue weighted by molar-refractivity contribution is -0.142. The summed E-state index contributed by atoms with van der Waals surface area (Å²) in [5.74, 6) is 0.0603. The first-order chi connectivity index (χ1) is 12.6. The molecule has 0 N–H and O–H groups in total. The third-order valence-corrected chi connectivity index (χ3v) is 4.10. The molecule has 5 heteroatoms. The van der Waals surface area contributed by atoms with Crippen LogP contribution in [-0.2, 0) is 16.0 Å². The number of aryl methyl sites for hydroxylation is 1. The van der Waals surface area contributed by atoms with Crippen molar-refractivity contribution in [3.8, 4) is 16.9 Å². The molecule has 26 heavy (non-hydrogen) atoms. The minimum atomic E-state index is -0.466. The third-order valence-electron chi connectivity index (χ3n) is 4.10. The van der Waals surface area contributed by atoms with Gasteiger partial charge in [0, 0.05) is 17.5 Å². The van der Waals surface area contributed by atoms with E-state index in [1.807, 2.05) is 36.4 Å².